The second kappa shape index (κ2) is 13.0. The molecule has 5 unspecified atom stereocenters. The summed E-state index contributed by atoms with van der Waals surface area (Å²) in [4.78, 5) is 47.3. The molecular formula is C21H37N3O10. The van der Waals surface area contributed by atoms with Gasteiger partial charge in [-0.15, -0.1) is 0 Å². The summed E-state index contributed by atoms with van der Waals surface area (Å²) in [5.41, 5.74) is 4.37. The molecule has 34 heavy (non-hydrogen) atoms. The van der Waals surface area contributed by atoms with E-state index in [4.69, 9.17) is 25.1 Å². The van der Waals surface area contributed by atoms with Crippen molar-refractivity contribution in [3.63, 3.8) is 0 Å². The molecular weight excluding hydrogens is 454 g/mol. The number of nitrogens with two attached hydrogens (primary N) is 1. The Balaban J connectivity index is 2.82. The van der Waals surface area contributed by atoms with Crippen LogP contribution < -0.4 is 16.4 Å². The normalized spacial score (nSPS) is 26.7. The van der Waals surface area contributed by atoms with E-state index in [0.29, 0.717) is 0 Å². The highest BCUT2D eigenvalue weighted by Crippen LogP contribution is 2.36. The fraction of sp³-hybridized carbons (Fsp3) is 0.810. The van der Waals surface area contributed by atoms with Crippen LogP contribution in [-0.2, 0) is 33.4 Å². The highest BCUT2D eigenvalue weighted by Gasteiger charge is 2.50. The molecule has 1 aliphatic heterocycles. The summed E-state index contributed by atoms with van der Waals surface area (Å²) in [7, 11) is 1.48. The first-order valence-corrected chi connectivity index (χ1v) is 11.0. The number of amides is 3. The van der Waals surface area contributed by atoms with E-state index < -0.39 is 78.3 Å². The van der Waals surface area contributed by atoms with Gasteiger partial charge in [0.15, 0.2) is 0 Å². The molecule has 1 heterocycles. The lowest BCUT2D eigenvalue weighted by atomic mass is 9.79. The second-order valence-corrected chi connectivity index (χ2v) is 8.86. The Morgan fingerprint density at radius 1 is 1.15 bits per heavy atom. The number of methoxy groups -OCH3 is 1. The van der Waals surface area contributed by atoms with Crippen molar-refractivity contribution in [3.8, 4) is 0 Å². The minimum Gasteiger partial charge on any atom is -0.481 e. The number of aliphatic hydroxyl groups is 2. The van der Waals surface area contributed by atoms with Crippen molar-refractivity contribution < 1.29 is 48.7 Å². The van der Waals surface area contributed by atoms with Gasteiger partial charge in [-0.2, -0.15) is 0 Å². The SMILES string of the molecule is COCC1[C@H](OC(C)C(=O)NC(C)C(=O)NC(CCC(=O)O)C(N)=O)[C@H](O)C(CO)OC1(C)C. The van der Waals surface area contributed by atoms with Crippen LogP contribution in [0, 0.1) is 5.92 Å². The van der Waals surface area contributed by atoms with Gasteiger partial charge < -0.3 is 45.9 Å². The summed E-state index contributed by atoms with van der Waals surface area (Å²) in [6.45, 7) is 6.04. The maximum atomic E-state index is 12.7. The van der Waals surface area contributed by atoms with E-state index >= 15 is 0 Å². The van der Waals surface area contributed by atoms with E-state index in [9.17, 15) is 29.4 Å². The lowest BCUT2D eigenvalue weighted by Gasteiger charge is -2.49. The van der Waals surface area contributed by atoms with E-state index in [-0.39, 0.29) is 19.4 Å². The van der Waals surface area contributed by atoms with Crippen LogP contribution in [-0.4, -0.2) is 101 Å². The molecule has 0 radical (unpaired) electrons. The van der Waals surface area contributed by atoms with Gasteiger partial charge in [-0.05, 0) is 34.1 Å². The predicted molar refractivity (Wildman–Crippen MR) is 117 cm³/mol. The summed E-state index contributed by atoms with van der Waals surface area (Å²) in [6, 6.07) is -2.30. The third kappa shape index (κ3) is 8.17. The molecule has 0 aromatic heterocycles. The molecule has 0 aliphatic carbocycles. The van der Waals surface area contributed by atoms with Crippen LogP contribution in [0.3, 0.4) is 0 Å². The summed E-state index contributed by atoms with van der Waals surface area (Å²) >= 11 is 0. The maximum absolute atomic E-state index is 12.7. The first-order chi connectivity index (χ1) is 15.7. The summed E-state index contributed by atoms with van der Waals surface area (Å²) in [6.07, 6.45) is -4.76. The number of aliphatic carboxylic acids is 1. The molecule has 1 fully saturated rings. The molecule has 0 aromatic carbocycles. The van der Waals surface area contributed by atoms with Crippen molar-refractivity contribution in [3.05, 3.63) is 0 Å². The van der Waals surface area contributed by atoms with Crippen molar-refractivity contribution in [2.75, 3.05) is 20.3 Å². The Labute approximate surface area is 198 Å². The van der Waals surface area contributed by atoms with Crippen molar-refractivity contribution >= 4 is 23.7 Å². The standard InChI is InChI=1S/C21H37N3O10/c1-10(19(30)24-13(18(22)29)6-7-15(26)27)23-20(31)11(2)33-17-12(9-32-5)21(3,4)34-14(8-25)16(17)28/h10-14,16-17,25,28H,6-9H2,1-5H3,(H2,22,29)(H,23,31)(H,24,30)(H,26,27)/t10?,11?,12?,13?,14?,16-,17+/m1/s1. The molecule has 0 aromatic rings. The lowest BCUT2D eigenvalue weighted by Crippen LogP contribution is -2.63. The zero-order chi connectivity index (χ0) is 26.2. The molecule has 7 atom stereocenters. The third-order valence-corrected chi connectivity index (χ3v) is 5.78. The molecule has 1 aliphatic rings. The molecule has 13 nitrogen and oxygen atoms in total. The number of carbonyl (C=O) groups excluding carboxylic acids is 3. The summed E-state index contributed by atoms with van der Waals surface area (Å²) in [5.74, 6) is -3.93. The van der Waals surface area contributed by atoms with Crippen molar-refractivity contribution in [1.29, 1.82) is 0 Å². The largest absolute Gasteiger partial charge is 0.481 e. The molecule has 1 rings (SSSR count). The van der Waals surface area contributed by atoms with Crippen LogP contribution in [0.2, 0.25) is 0 Å². The fourth-order valence-electron chi connectivity index (χ4n) is 3.73. The summed E-state index contributed by atoms with van der Waals surface area (Å²) in [5, 5.41) is 33.7. The number of ether oxygens (including phenoxy) is 3. The van der Waals surface area contributed by atoms with Gasteiger partial charge in [0.25, 0.3) is 0 Å². The molecule has 3 amide bonds. The molecule has 0 saturated carbocycles. The monoisotopic (exact) mass is 491 g/mol. The highest BCUT2D eigenvalue weighted by molar-refractivity contribution is 5.92. The predicted octanol–water partition coefficient (Wildman–Crippen LogP) is -2.11. The zero-order valence-electron chi connectivity index (χ0n) is 20.1. The number of hydrogen-bond acceptors (Lipinski definition) is 9. The average molecular weight is 492 g/mol. The van der Waals surface area contributed by atoms with Crippen molar-refractivity contribution in [2.45, 2.75) is 82.6 Å². The molecule has 196 valence electrons. The first kappa shape index (κ1) is 29.7. The Morgan fingerprint density at radius 2 is 1.76 bits per heavy atom. The Kier molecular flexibility index (Phi) is 11.3. The average Bonchev–Trinajstić information content (AvgIpc) is 2.75. The van der Waals surface area contributed by atoms with Gasteiger partial charge in [0.2, 0.25) is 17.7 Å². The number of rotatable bonds is 13. The Hall–Kier alpha value is -2.32. The maximum Gasteiger partial charge on any atom is 0.303 e. The minimum absolute atomic E-state index is 0.158. The number of primary amides is 1. The van der Waals surface area contributed by atoms with E-state index in [1.54, 1.807) is 13.8 Å². The molecule has 13 heteroatoms. The van der Waals surface area contributed by atoms with Crippen LogP contribution >= 0.6 is 0 Å². The van der Waals surface area contributed by atoms with Crippen molar-refractivity contribution in [1.82, 2.24) is 10.6 Å². The summed E-state index contributed by atoms with van der Waals surface area (Å²) < 4.78 is 16.9. The third-order valence-electron chi connectivity index (χ3n) is 5.78. The van der Waals surface area contributed by atoms with Crippen LogP contribution in [0.1, 0.15) is 40.5 Å². The lowest BCUT2D eigenvalue weighted by molar-refractivity contribution is -0.265. The fourth-order valence-corrected chi connectivity index (χ4v) is 3.73. The number of carboxylic acids is 1. The van der Waals surface area contributed by atoms with Gasteiger partial charge in [0, 0.05) is 19.4 Å². The van der Waals surface area contributed by atoms with E-state index in [1.807, 2.05) is 0 Å². The van der Waals surface area contributed by atoms with Gasteiger partial charge in [-0.3, -0.25) is 19.2 Å². The van der Waals surface area contributed by atoms with E-state index in [1.165, 1.54) is 21.0 Å². The number of nitrogens with one attached hydrogen (secondary N) is 2. The molecule has 0 spiro atoms. The van der Waals surface area contributed by atoms with E-state index in [0.717, 1.165) is 0 Å². The van der Waals surface area contributed by atoms with Gasteiger partial charge in [0.1, 0.15) is 30.4 Å². The first-order valence-electron chi connectivity index (χ1n) is 11.0. The van der Waals surface area contributed by atoms with Crippen LogP contribution in [0.25, 0.3) is 0 Å². The quantitative estimate of drug-likeness (QED) is 0.165. The van der Waals surface area contributed by atoms with Gasteiger partial charge in [-0.25, -0.2) is 0 Å². The number of carbonyl (C=O) groups is 4. The molecule has 7 N–H and O–H groups in total. The zero-order valence-corrected chi connectivity index (χ0v) is 20.1. The van der Waals surface area contributed by atoms with Gasteiger partial charge in [0.05, 0.1) is 24.9 Å². The van der Waals surface area contributed by atoms with Crippen LogP contribution in [0.5, 0.6) is 0 Å². The smallest absolute Gasteiger partial charge is 0.303 e. The van der Waals surface area contributed by atoms with Gasteiger partial charge in [-0.1, -0.05) is 0 Å². The van der Waals surface area contributed by atoms with Crippen molar-refractivity contribution in [2.24, 2.45) is 11.7 Å². The molecule has 1 saturated heterocycles. The second-order valence-electron chi connectivity index (χ2n) is 8.86. The number of hydrogen-bond donors (Lipinski definition) is 6. The Morgan fingerprint density at radius 3 is 2.26 bits per heavy atom. The Bertz CT molecular complexity index is 732. The highest BCUT2D eigenvalue weighted by atomic mass is 16.6. The number of aliphatic hydroxyl groups excluding tert-OH is 2. The van der Waals surface area contributed by atoms with Crippen LogP contribution in [0.15, 0.2) is 0 Å². The topological polar surface area (TPSA) is 207 Å². The van der Waals surface area contributed by atoms with Crippen LogP contribution in [0.4, 0.5) is 0 Å². The van der Waals surface area contributed by atoms with E-state index in [2.05, 4.69) is 10.6 Å². The van der Waals surface area contributed by atoms with Gasteiger partial charge >= 0.3 is 5.97 Å². The molecule has 0 bridgehead atoms. The minimum atomic E-state index is -1.24. The number of carboxylic acid groups (broad SMARTS) is 1.